The van der Waals surface area contributed by atoms with E-state index in [1.165, 1.54) is 0 Å². The van der Waals surface area contributed by atoms with Crippen LogP contribution in [0.15, 0.2) is 36.4 Å². The molecule has 0 spiro atoms. The van der Waals surface area contributed by atoms with Gasteiger partial charge in [-0.05, 0) is 27.7 Å². The van der Waals surface area contributed by atoms with Gasteiger partial charge in [0.2, 0.25) is 0 Å². The Morgan fingerprint density at radius 3 is 2.27 bits per heavy atom. The van der Waals surface area contributed by atoms with Gasteiger partial charge in [0.1, 0.15) is 11.5 Å². The van der Waals surface area contributed by atoms with Gasteiger partial charge in [-0.3, -0.25) is 4.79 Å². The number of hydrogen-bond acceptors (Lipinski definition) is 4. The highest BCUT2D eigenvalue weighted by molar-refractivity contribution is 5.93. The Hall–Kier alpha value is -2.43. The minimum Gasteiger partial charge on any atom is -0.368 e. The molecule has 0 aliphatic carbocycles. The van der Waals surface area contributed by atoms with Crippen LogP contribution in [0.25, 0.3) is 11.4 Å². The fraction of sp³-hybridized carbons (Fsp3) is 0.353. The maximum atomic E-state index is 12.2. The molecule has 0 fully saturated rings. The molecule has 22 heavy (non-hydrogen) atoms. The van der Waals surface area contributed by atoms with Crippen LogP contribution in [0, 0.1) is 0 Å². The first-order valence-electron chi connectivity index (χ1n) is 7.47. The third kappa shape index (κ3) is 4.28. The molecule has 0 aliphatic rings. The first-order valence-corrected chi connectivity index (χ1v) is 7.47. The first kappa shape index (κ1) is 15.9. The van der Waals surface area contributed by atoms with Gasteiger partial charge in [0, 0.05) is 23.7 Å². The van der Waals surface area contributed by atoms with E-state index in [9.17, 15) is 4.79 Å². The summed E-state index contributed by atoms with van der Waals surface area (Å²) in [7, 11) is 0. The third-order valence-corrected chi connectivity index (χ3v) is 2.85. The minimum atomic E-state index is -0.193. The average molecular weight is 298 g/mol. The zero-order valence-electron chi connectivity index (χ0n) is 13.4. The number of anilines is 1. The van der Waals surface area contributed by atoms with Crippen molar-refractivity contribution < 1.29 is 4.79 Å². The normalized spacial score (nSPS) is 10.8. The van der Waals surface area contributed by atoms with E-state index in [2.05, 4.69) is 20.6 Å². The maximum absolute atomic E-state index is 12.2. The summed E-state index contributed by atoms with van der Waals surface area (Å²) in [5.74, 6) is 0.999. The summed E-state index contributed by atoms with van der Waals surface area (Å²) in [6.45, 7) is 7.89. The van der Waals surface area contributed by atoms with Crippen LogP contribution in [-0.4, -0.2) is 28.0 Å². The molecule has 0 saturated carbocycles. The van der Waals surface area contributed by atoms with Gasteiger partial charge in [-0.25, -0.2) is 9.97 Å². The summed E-state index contributed by atoms with van der Waals surface area (Å²) in [6, 6.07) is 11.6. The molecule has 0 saturated heterocycles. The fourth-order valence-electron chi connectivity index (χ4n) is 1.99. The molecule has 1 aromatic carbocycles. The molecule has 2 rings (SSSR count). The second-order valence-corrected chi connectivity index (χ2v) is 5.76. The van der Waals surface area contributed by atoms with Crippen LogP contribution in [0.1, 0.15) is 38.2 Å². The van der Waals surface area contributed by atoms with E-state index in [0.29, 0.717) is 17.3 Å². The van der Waals surface area contributed by atoms with E-state index >= 15 is 0 Å². The Bertz CT molecular complexity index is 638. The Labute approximate surface area is 131 Å². The number of rotatable bonds is 5. The Kier molecular flexibility index (Phi) is 5.09. The Morgan fingerprint density at radius 2 is 1.68 bits per heavy atom. The Morgan fingerprint density at radius 1 is 1.00 bits per heavy atom. The zero-order chi connectivity index (χ0) is 16.1. The van der Waals surface area contributed by atoms with Gasteiger partial charge in [0.15, 0.2) is 5.82 Å². The van der Waals surface area contributed by atoms with Gasteiger partial charge in [-0.15, -0.1) is 0 Å². The van der Waals surface area contributed by atoms with E-state index in [-0.39, 0.29) is 18.0 Å². The van der Waals surface area contributed by atoms with E-state index in [1.807, 2.05) is 58.0 Å². The second kappa shape index (κ2) is 7.02. The first-order chi connectivity index (χ1) is 10.5. The van der Waals surface area contributed by atoms with Crippen molar-refractivity contribution >= 4 is 11.7 Å². The van der Waals surface area contributed by atoms with Crippen LogP contribution in [-0.2, 0) is 0 Å². The molecule has 5 nitrogen and oxygen atoms in total. The van der Waals surface area contributed by atoms with Crippen LogP contribution in [0.4, 0.5) is 5.82 Å². The van der Waals surface area contributed by atoms with Crippen LogP contribution in [0.3, 0.4) is 0 Å². The fourth-order valence-corrected chi connectivity index (χ4v) is 1.99. The number of nitrogens with zero attached hydrogens (tertiary/aromatic N) is 2. The minimum absolute atomic E-state index is 0.0594. The second-order valence-electron chi connectivity index (χ2n) is 5.76. The summed E-state index contributed by atoms with van der Waals surface area (Å²) < 4.78 is 0. The predicted molar refractivity (Wildman–Crippen MR) is 88.8 cm³/mol. The van der Waals surface area contributed by atoms with Crippen molar-refractivity contribution in [2.24, 2.45) is 0 Å². The standard InChI is InChI=1S/C17H22N4O/c1-11(2)18-15-10-14(17(22)19-12(3)4)20-16(21-15)13-8-6-5-7-9-13/h5-12H,1-4H3,(H,19,22)(H,18,20,21). The third-order valence-electron chi connectivity index (χ3n) is 2.85. The van der Waals surface area contributed by atoms with Crippen LogP contribution >= 0.6 is 0 Å². The van der Waals surface area contributed by atoms with Gasteiger partial charge in [-0.2, -0.15) is 0 Å². The monoisotopic (exact) mass is 298 g/mol. The molecule has 0 atom stereocenters. The molecule has 5 heteroatoms. The molecule has 2 N–H and O–H groups in total. The lowest BCUT2D eigenvalue weighted by molar-refractivity contribution is 0.0938. The van der Waals surface area contributed by atoms with Crippen molar-refractivity contribution in [3.63, 3.8) is 0 Å². The average Bonchev–Trinajstić information content (AvgIpc) is 2.46. The zero-order valence-corrected chi connectivity index (χ0v) is 13.4. The van der Waals surface area contributed by atoms with Gasteiger partial charge >= 0.3 is 0 Å². The van der Waals surface area contributed by atoms with E-state index in [1.54, 1.807) is 6.07 Å². The number of carbonyl (C=O) groups excluding carboxylic acids is 1. The van der Waals surface area contributed by atoms with Crippen molar-refractivity contribution in [3.8, 4) is 11.4 Å². The topological polar surface area (TPSA) is 66.9 Å². The molecule has 0 bridgehead atoms. The Balaban J connectivity index is 2.43. The summed E-state index contributed by atoms with van der Waals surface area (Å²) in [5.41, 5.74) is 1.25. The molecular formula is C17H22N4O. The van der Waals surface area contributed by atoms with Gasteiger partial charge in [-0.1, -0.05) is 30.3 Å². The highest BCUT2D eigenvalue weighted by Crippen LogP contribution is 2.18. The van der Waals surface area contributed by atoms with Gasteiger partial charge in [0.05, 0.1) is 0 Å². The highest BCUT2D eigenvalue weighted by atomic mass is 16.1. The quantitative estimate of drug-likeness (QED) is 0.890. The van der Waals surface area contributed by atoms with Crippen LogP contribution < -0.4 is 10.6 Å². The molecule has 1 amide bonds. The number of nitrogens with one attached hydrogen (secondary N) is 2. The van der Waals surface area contributed by atoms with Gasteiger partial charge < -0.3 is 10.6 Å². The van der Waals surface area contributed by atoms with E-state index < -0.39 is 0 Å². The lowest BCUT2D eigenvalue weighted by Gasteiger charge is -2.13. The molecular weight excluding hydrogens is 276 g/mol. The van der Waals surface area contributed by atoms with Crippen LogP contribution in [0.5, 0.6) is 0 Å². The predicted octanol–water partition coefficient (Wildman–Crippen LogP) is 3.10. The van der Waals surface area contributed by atoms with Crippen molar-refractivity contribution in [2.75, 3.05) is 5.32 Å². The number of benzene rings is 1. The molecule has 0 unspecified atom stereocenters. The SMILES string of the molecule is CC(C)NC(=O)c1cc(NC(C)C)nc(-c2ccccc2)n1. The summed E-state index contributed by atoms with van der Waals surface area (Å²) in [5, 5.41) is 6.09. The van der Waals surface area contributed by atoms with Crippen molar-refractivity contribution in [1.29, 1.82) is 0 Å². The molecule has 1 aromatic heterocycles. The molecule has 116 valence electrons. The highest BCUT2D eigenvalue weighted by Gasteiger charge is 2.14. The summed E-state index contributed by atoms with van der Waals surface area (Å²) in [6.07, 6.45) is 0. The summed E-state index contributed by atoms with van der Waals surface area (Å²) in [4.78, 5) is 21.2. The van der Waals surface area contributed by atoms with Crippen molar-refractivity contribution in [2.45, 2.75) is 39.8 Å². The van der Waals surface area contributed by atoms with Crippen molar-refractivity contribution in [3.05, 3.63) is 42.1 Å². The number of aromatic nitrogens is 2. The molecule has 0 aliphatic heterocycles. The molecule has 2 aromatic rings. The number of hydrogen-bond donors (Lipinski definition) is 2. The van der Waals surface area contributed by atoms with E-state index in [4.69, 9.17) is 0 Å². The molecule has 0 radical (unpaired) electrons. The van der Waals surface area contributed by atoms with Crippen molar-refractivity contribution in [1.82, 2.24) is 15.3 Å². The summed E-state index contributed by atoms with van der Waals surface area (Å²) >= 11 is 0. The number of amides is 1. The smallest absolute Gasteiger partial charge is 0.270 e. The lowest BCUT2D eigenvalue weighted by atomic mass is 10.2. The van der Waals surface area contributed by atoms with Gasteiger partial charge in [0.25, 0.3) is 5.91 Å². The molecule has 1 heterocycles. The largest absolute Gasteiger partial charge is 0.368 e. The number of carbonyl (C=O) groups is 1. The lowest BCUT2D eigenvalue weighted by Crippen LogP contribution is -2.31. The van der Waals surface area contributed by atoms with Crippen LogP contribution in [0.2, 0.25) is 0 Å². The van der Waals surface area contributed by atoms with E-state index in [0.717, 1.165) is 5.56 Å². The maximum Gasteiger partial charge on any atom is 0.270 e.